The van der Waals surface area contributed by atoms with E-state index in [1.807, 2.05) is 19.0 Å². The van der Waals surface area contributed by atoms with Crippen LogP contribution in [0.25, 0.3) is 10.9 Å². The summed E-state index contributed by atoms with van der Waals surface area (Å²) in [5.41, 5.74) is 0.726. The van der Waals surface area contributed by atoms with E-state index in [0.29, 0.717) is 17.5 Å². The number of hydrogen-bond acceptors (Lipinski definition) is 3. The first-order valence-corrected chi connectivity index (χ1v) is 6.05. The molecule has 1 aromatic carbocycles. The third-order valence-electron chi connectivity index (χ3n) is 2.77. The van der Waals surface area contributed by atoms with Crippen molar-refractivity contribution in [3.05, 3.63) is 41.8 Å². The highest BCUT2D eigenvalue weighted by molar-refractivity contribution is 5.97. The molecule has 100 valence electrons. The second-order valence-electron chi connectivity index (χ2n) is 4.59. The number of hydrogen-bond donors (Lipinski definition) is 1. The van der Waals surface area contributed by atoms with E-state index in [1.54, 1.807) is 18.2 Å². The fourth-order valence-corrected chi connectivity index (χ4v) is 1.74. The highest BCUT2D eigenvalue weighted by Crippen LogP contribution is 2.16. The second-order valence-corrected chi connectivity index (χ2v) is 4.59. The van der Waals surface area contributed by atoms with E-state index in [9.17, 15) is 9.18 Å². The first-order chi connectivity index (χ1) is 9.08. The summed E-state index contributed by atoms with van der Waals surface area (Å²) in [7, 11) is 3.87. The van der Waals surface area contributed by atoms with Gasteiger partial charge >= 0.3 is 0 Å². The molecule has 5 heteroatoms. The average Bonchev–Trinajstić information content (AvgIpc) is 2.38. The van der Waals surface area contributed by atoms with Crippen molar-refractivity contribution in [3.63, 3.8) is 0 Å². The van der Waals surface area contributed by atoms with Gasteiger partial charge in [-0.3, -0.25) is 9.78 Å². The van der Waals surface area contributed by atoms with E-state index in [4.69, 9.17) is 0 Å². The Labute approximate surface area is 111 Å². The highest BCUT2D eigenvalue weighted by Gasteiger charge is 2.08. The zero-order chi connectivity index (χ0) is 13.8. The number of aromatic nitrogens is 1. The van der Waals surface area contributed by atoms with Gasteiger partial charge in [-0.15, -0.1) is 0 Å². The predicted molar refractivity (Wildman–Crippen MR) is 72.6 cm³/mol. The topological polar surface area (TPSA) is 45.2 Å². The molecule has 2 rings (SSSR count). The quantitative estimate of drug-likeness (QED) is 0.910. The average molecular weight is 261 g/mol. The minimum atomic E-state index is -0.378. The van der Waals surface area contributed by atoms with Gasteiger partial charge in [0.15, 0.2) is 0 Å². The molecular formula is C14H16FN3O. The van der Waals surface area contributed by atoms with Gasteiger partial charge in [-0.05, 0) is 26.2 Å². The van der Waals surface area contributed by atoms with Crippen molar-refractivity contribution >= 4 is 16.8 Å². The molecule has 0 spiro atoms. The SMILES string of the molecule is CN(C)CCNC(=O)c1cnc2c(F)cccc2c1. The molecule has 19 heavy (non-hydrogen) atoms. The van der Waals surface area contributed by atoms with Crippen LogP contribution in [0.3, 0.4) is 0 Å². The Morgan fingerprint density at radius 3 is 2.95 bits per heavy atom. The third-order valence-corrected chi connectivity index (χ3v) is 2.77. The number of pyridine rings is 1. The molecule has 0 radical (unpaired) electrons. The van der Waals surface area contributed by atoms with Gasteiger partial charge < -0.3 is 10.2 Å². The molecule has 0 unspecified atom stereocenters. The van der Waals surface area contributed by atoms with Gasteiger partial charge in [0.1, 0.15) is 11.3 Å². The number of para-hydroxylation sites is 1. The Hall–Kier alpha value is -2.01. The number of carbonyl (C=O) groups is 1. The van der Waals surface area contributed by atoms with Crippen molar-refractivity contribution in [1.29, 1.82) is 0 Å². The van der Waals surface area contributed by atoms with Gasteiger partial charge in [-0.2, -0.15) is 0 Å². The molecule has 0 atom stereocenters. The summed E-state index contributed by atoms with van der Waals surface area (Å²) in [6, 6.07) is 6.34. The number of rotatable bonds is 4. The van der Waals surface area contributed by atoms with Gasteiger partial charge in [0, 0.05) is 24.7 Å². The van der Waals surface area contributed by atoms with Crippen molar-refractivity contribution in [2.24, 2.45) is 0 Å². The van der Waals surface area contributed by atoms with Crippen molar-refractivity contribution < 1.29 is 9.18 Å². The maximum atomic E-state index is 13.4. The normalized spacial score (nSPS) is 10.9. The number of nitrogens with zero attached hydrogens (tertiary/aromatic N) is 2. The van der Waals surface area contributed by atoms with Gasteiger partial charge in [-0.25, -0.2) is 4.39 Å². The third kappa shape index (κ3) is 3.26. The van der Waals surface area contributed by atoms with E-state index in [1.165, 1.54) is 12.3 Å². The number of benzene rings is 1. The molecule has 0 aliphatic carbocycles. The van der Waals surface area contributed by atoms with Crippen molar-refractivity contribution in [2.45, 2.75) is 0 Å². The summed E-state index contributed by atoms with van der Waals surface area (Å²) in [5, 5.41) is 3.42. The summed E-state index contributed by atoms with van der Waals surface area (Å²) in [5.74, 6) is -0.572. The molecule has 4 nitrogen and oxygen atoms in total. The van der Waals surface area contributed by atoms with E-state index in [0.717, 1.165) is 6.54 Å². The Kier molecular flexibility index (Phi) is 4.06. The molecule has 0 fully saturated rings. The van der Waals surface area contributed by atoms with E-state index < -0.39 is 0 Å². The molecule has 0 saturated carbocycles. The minimum absolute atomic E-state index is 0.194. The number of nitrogens with one attached hydrogen (secondary N) is 1. The highest BCUT2D eigenvalue weighted by atomic mass is 19.1. The molecule has 0 aliphatic rings. The predicted octanol–water partition coefficient (Wildman–Crippen LogP) is 1.67. The van der Waals surface area contributed by atoms with Crippen LogP contribution in [0.2, 0.25) is 0 Å². The van der Waals surface area contributed by atoms with Crippen LogP contribution in [0.1, 0.15) is 10.4 Å². The molecule has 1 heterocycles. The second kappa shape index (κ2) is 5.75. The Morgan fingerprint density at radius 1 is 1.42 bits per heavy atom. The van der Waals surface area contributed by atoms with E-state index in [2.05, 4.69) is 10.3 Å². The van der Waals surface area contributed by atoms with Crippen molar-refractivity contribution in [1.82, 2.24) is 15.2 Å². The van der Waals surface area contributed by atoms with Crippen LogP contribution in [-0.2, 0) is 0 Å². The zero-order valence-corrected chi connectivity index (χ0v) is 11.0. The molecule has 1 aromatic heterocycles. The summed E-state index contributed by atoms with van der Waals surface area (Å²) in [4.78, 5) is 17.9. The van der Waals surface area contributed by atoms with E-state index in [-0.39, 0.29) is 17.2 Å². The molecule has 1 amide bonds. The number of amides is 1. The maximum Gasteiger partial charge on any atom is 0.252 e. The van der Waals surface area contributed by atoms with Crippen LogP contribution in [-0.4, -0.2) is 43.0 Å². The zero-order valence-electron chi connectivity index (χ0n) is 11.0. The molecule has 0 saturated heterocycles. The fraction of sp³-hybridized carbons (Fsp3) is 0.286. The van der Waals surface area contributed by atoms with Gasteiger partial charge in [0.05, 0.1) is 5.56 Å². The van der Waals surface area contributed by atoms with Crippen LogP contribution >= 0.6 is 0 Å². The first-order valence-electron chi connectivity index (χ1n) is 6.05. The van der Waals surface area contributed by atoms with Crippen LogP contribution in [0.15, 0.2) is 30.5 Å². The summed E-state index contributed by atoms with van der Waals surface area (Å²) >= 11 is 0. The molecule has 2 aromatic rings. The lowest BCUT2D eigenvalue weighted by molar-refractivity contribution is 0.0951. The van der Waals surface area contributed by atoms with Gasteiger partial charge in [0.25, 0.3) is 5.91 Å². The molecule has 0 bridgehead atoms. The monoisotopic (exact) mass is 261 g/mol. The summed E-state index contributed by atoms with van der Waals surface area (Å²) < 4.78 is 13.4. The van der Waals surface area contributed by atoms with Crippen molar-refractivity contribution in [3.8, 4) is 0 Å². The molecule has 1 N–H and O–H groups in total. The minimum Gasteiger partial charge on any atom is -0.351 e. The van der Waals surface area contributed by atoms with Crippen LogP contribution < -0.4 is 5.32 Å². The maximum absolute atomic E-state index is 13.4. The largest absolute Gasteiger partial charge is 0.351 e. The molecule has 0 aliphatic heterocycles. The van der Waals surface area contributed by atoms with E-state index >= 15 is 0 Å². The van der Waals surface area contributed by atoms with Crippen molar-refractivity contribution in [2.75, 3.05) is 27.2 Å². The Bertz CT molecular complexity index is 598. The lowest BCUT2D eigenvalue weighted by atomic mass is 10.1. The fourth-order valence-electron chi connectivity index (χ4n) is 1.74. The lowest BCUT2D eigenvalue weighted by Crippen LogP contribution is -2.31. The molecular weight excluding hydrogens is 245 g/mol. The first kappa shape index (κ1) is 13.4. The summed E-state index contributed by atoms with van der Waals surface area (Å²) in [6.45, 7) is 1.33. The van der Waals surface area contributed by atoms with Gasteiger partial charge in [-0.1, -0.05) is 12.1 Å². The van der Waals surface area contributed by atoms with Crippen LogP contribution in [0, 0.1) is 5.82 Å². The Balaban J connectivity index is 2.15. The Morgan fingerprint density at radius 2 is 2.21 bits per heavy atom. The standard InChI is InChI=1S/C14H16FN3O/c1-18(2)7-6-16-14(19)11-8-10-4-3-5-12(15)13(10)17-9-11/h3-5,8-9H,6-7H2,1-2H3,(H,16,19). The number of likely N-dealkylation sites (N-methyl/N-ethyl adjacent to an activating group) is 1. The van der Waals surface area contributed by atoms with Gasteiger partial charge in [0.2, 0.25) is 0 Å². The smallest absolute Gasteiger partial charge is 0.252 e. The number of halogens is 1. The lowest BCUT2D eigenvalue weighted by Gasteiger charge is -2.10. The van der Waals surface area contributed by atoms with Crippen LogP contribution in [0.5, 0.6) is 0 Å². The van der Waals surface area contributed by atoms with Crippen LogP contribution in [0.4, 0.5) is 4.39 Å². The summed E-state index contributed by atoms with van der Waals surface area (Å²) in [6.07, 6.45) is 1.40. The number of carbonyl (C=O) groups excluding carboxylic acids is 1. The number of fused-ring (bicyclic) bond motifs is 1.